The van der Waals surface area contributed by atoms with Gasteiger partial charge in [0.25, 0.3) is 0 Å². The zero-order valence-corrected chi connectivity index (χ0v) is 14.6. The summed E-state index contributed by atoms with van der Waals surface area (Å²) in [5.74, 6) is 0.464. The Morgan fingerprint density at radius 2 is 1.71 bits per heavy atom. The molecule has 1 heterocycles. The van der Waals surface area contributed by atoms with E-state index in [1.807, 2.05) is 0 Å². The third-order valence-corrected chi connectivity index (χ3v) is 6.56. The van der Waals surface area contributed by atoms with Crippen molar-refractivity contribution in [3.8, 4) is 0 Å². The fraction of sp³-hybridized carbons (Fsp3) is 0.938. The van der Waals surface area contributed by atoms with Crippen LogP contribution in [0.25, 0.3) is 0 Å². The van der Waals surface area contributed by atoms with Crippen molar-refractivity contribution in [1.29, 1.82) is 0 Å². The van der Waals surface area contributed by atoms with Crippen molar-refractivity contribution >= 4 is 15.7 Å². The fourth-order valence-corrected chi connectivity index (χ4v) is 6.39. The second kappa shape index (κ2) is 5.56. The number of nitrogens with one attached hydrogen (secondary N) is 1. The van der Waals surface area contributed by atoms with Crippen LogP contribution in [-0.2, 0) is 14.6 Å². The normalized spacial score (nSPS) is 31.0. The number of rotatable bonds is 3. The molecule has 1 aliphatic heterocycles. The smallest absolute Gasteiger partial charge is 0.220 e. The van der Waals surface area contributed by atoms with Gasteiger partial charge in [0.05, 0.1) is 11.5 Å². The van der Waals surface area contributed by atoms with Crippen molar-refractivity contribution in [2.75, 3.05) is 11.5 Å². The molecule has 0 unspecified atom stereocenters. The Hall–Kier alpha value is -0.580. The first-order valence-electron chi connectivity index (χ1n) is 7.96. The van der Waals surface area contributed by atoms with Crippen LogP contribution in [0.3, 0.4) is 0 Å². The highest BCUT2D eigenvalue weighted by Crippen LogP contribution is 2.45. The van der Waals surface area contributed by atoms with Crippen LogP contribution in [0.4, 0.5) is 0 Å². The predicted octanol–water partition coefficient (Wildman–Crippen LogP) is 2.53. The van der Waals surface area contributed by atoms with Crippen molar-refractivity contribution in [2.45, 2.75) is 65.8 Å². The summed E-state index contributed by atoms with van der Waals surface area (Å²) < 4.78 is 22.9. The van der Waals surface area contributed by atoms with Crippen LogP contribution in [0.5, 0.6) is 0 Å². The quantitative estimate of drug-likeness (QED) is 0.870. The molecule has 2 aliphatic rings. The molecule has 0 bridgehead atoms. The average Bonchev–Trinajstić information content (AvgIpc) is 2.52. The standard InChI is InChI=1S/C16H29NO3S/c1-15(2)8-13(9-16(3,4)11-15)17-14(18)7-12-5-6-21(19,20)10-12/h12-13H,5-11H2,1-4H3,(H,17,18)/t12-/m1/s1. The van der Waals surface area contributed by atoms with E-state index in [4.69, 9.17) is 0 Å². The van der Waals surface area contributed by atoms with E-state index < -0.39 is 9.84 Å². The molecule has 1 saturated heterocycles. The van der Waals surface area contributed by atoms with E-state index in [2.05, 4.69) is 33.0 Å². The first-order valence-corrected chi connectivity index (χ1v) is 9.78. The molecule has 0 aromatic carbocycles. The van der Waals surface area contributed by atoms with Gasteiger partial charge in [0.2, 0.25) is 5.91 Å². The highest BCUT2D eigenvalue weighted by molar-refractivity contribution is 7.91. The molecule has 1 saturated carbocycles. The van der Waals surface area contributed by atoms with Gasteiger partial charge in [0.1, 0.15) is 0 Å². The molecular formula is C16H29NO3S. The van der Waals surface area contributed by atoms with Gasteiger partial charge in [-0.1, -0.05) is 27.7 Å². The molecule has 1 N–H and O–H groups in total. The Morgan fingerprint density at radius 1 is 1.14 bits per heavy atom. The van der Waals surface area contributed by atoms with E-state index in [0.29, 0.717) is 12.8 Å². The van der Waals surface area contributed by atoms with Gasteiger partial charge in [0.15, 0.2) is 9.84 Å². The molecule has 1 atom stereocenters. The van der Waals surface area contributed by atoms with Gasteiger partial charge in [-0.2, -0.15) is 0 Å². The van der Waals surface area contributed by atoms with Gasteiger partial charge in [-0.25, -0.2) is 8.42 Å². The Labute approximate surface area is 129 Å². The van der Waals surface area contributed by atoms with Crippen molar-refractivity contribution in [3.05, 3.63) is 0 Å². The number of carbonyl (C=O) groups excluding carboxylic acids is 1. The SMILES string of the molecule is CC1(C)CC(NC(=O)C[C@H]2CCS(=O)(=O)C2)CC(C)(C)C1. The molecule has 1 amide bonds. The third-order valence-electron chi connectivity index (χ3n) is 4.72. The minimum atomic E-state index is -2.89. The lowest BCUT2D eigenvalue weighted by molar-refractivity contribution is -0.123. The molecule has 0 radical (unpaired) electrons. The van der Waals surface area contributed by atoms with Crippen molar-refractivity contribution < 1.29 is 13.2 Å². The third kappa shape index (κ3) is 4.97. The topological polar surface area (TPSA) is 63.2 Å². The minimum absolute atomic E-state index is 0.0135. The van der Waals surface area contributed by atoms with Crippen LogP contribution in [0.1, 0.15) is 59.8 Å². The molecule has 1 aliphatic carbocycles. The summed E-state index contributed by atoms with van der Waals surface area (Å²) in [5.41, 5.74) is 0.493. The summed E-state index contributed by atoms with van der Waals surface area (Å²) in [4.78, 5) is 12.2. The van der Waals surface area contributed by atoms with Gasteiger partial charge >= 0.3 is 0 Å². The molecule has 0 aromatic rings. The molecule has 2 fully saturated rings. The molecule has 2 rings (SSSR count). The maximum Gasteiger partial charge on any atom is 0.220 e. The van der Waals surface area contributed by atoms with Gasteiger partial charge < -0.3 is 5.32 Å². The first-order chi connectivity index (χ1) is 9.46. The lowest BCUT2D eigenvalue weighted by Crippen LogP contribution is -2.46. The van der Waals surface area contributed by atoms with Crippen molar-refractivity contribution in [2.24, 2.45) is 16.7 Å². The summed E-state index contributed by atoms with van der Waals surface area (Å²) in [6, 6.07) is 0.217. The summed E-state index contributed by atoms with van der Waals surface area (Å²) in [6.07, 6.45) is 4.18. The van der Waals surface area contributed by atoms with Gasteiger partial charge in [-0.05, 0) is 42.4 Å². The van der Waals surface area contributed by atoms with Crippen LogP contribution in [0.2, 0.25) is 0 Å². The molecule has 122 valence electrons. The summed E-state index contributed by atoms with van der Waals surface area (Å²) >= 11 is 0. The number of amides is 1. The second-order valence-electron chi connectivity index (χ2n) is 8.65. The van der Waals surface area contributed by atoms with Gasteiger partial charge in [-0.15, -0.1) is 0 Å². The number of hydrogen-bond acceptors (Lipinski definition) is 3. The fourth-order valence-electron chi connectivity index (χ4n) is 4.53. The maximum absolute atomic E-state index is 12.2. The largest absolute Gasteiger partial charge is 0.353 e. The number of hydrogen-bond donors (Lipinski definition) is 1. The van der Waals surface area contributed by atoms with Crippen LogP contribution in [0.15, 0.2) is 0 Å². The van der Waals surface area contributed by atoms with Crippen molar-refractivity contribution in [3.63, 3.8) is 0 Å². The highest BCUT2D eigenvalue weighted by Gasteiger charge is 2.39. The van der Waals surface area contributed by atoms with Gasteiger partial charge in [-0.3, -0.25) is 4.79 Å². The van der Waals surface area contributed by atoms with E-state index in [0.717, 1.165) is 12.8 Å². The lowest BCUT2D eigenvalue weighted by atomic mass is 9.63. The van der Waals surface area contributed by atoms with Crippen LogP contribution >= 0.6 is 0 Å². The van der Waals surface area contributed by atoms with Crippen molar-refractivity contribution in [1.82, 2.24) is 5.32 Å². The molecule has 0 aromatic heterocycles. The lowest BCUT2D eigenvalue weighted by Gasteiger charge is -2.45. The van der Waals surface area contributed by atoms with E-state index in [-0.39, 0.29) is 40.2 Å². The Kier molecular flexibility index (Phi) is 4.45. The number of carbonyl (C=O) groups is 1. The van der Waals surface area contributed by atoms with Gasteiger partial charge in [0, 0.05) is 12.5 Å². The zero-order valence-electron chi connectivity index (χ0n) is 13.7. The predicted molar refractivity (Wildman–Crippen MR) is 84.7 cm³/mol. The summed E-state index contributed by atoms with van der Waals surface area (Å²) in [6.45, 7) is 9.04. The minimum Gasteiger partial charge on any atom is -0.353 e. The zero-order chi connectivity index (χ0) is 15.9. The van der Waals surface area contributed by atoms with E-state index in [9.17, 15) is 13.2 Å². The van der Waals surface area contributed by atoms with E-state index in [1.54, 1.807) is 0 Å². The molecule has 5 heteroatoms. The second-order valence-corrected chi connectivity index (χ2v) is 10.9. The molecule has 0 spiro atoms. The highest BCUT2D eigenvalue weighted by atomic mass is 32.2. The van der Waals surface area contributed by atoms with Crippen LogP contribution < -0.4 is 5.32 Å². The molecule has 4 nitrogen and oxygen atoms in total. The Bertz CT molecular complexity index is 492. The number of sulfone groups is 1. The Balaban J connectivity index is 1.88. The monoisotopic (exact) mass is 315 g/mol. The van der Waals surface area contributed by atoms with Crippen LogP contribution in [0, 0.1) is 16.7 Å². The first kappa shape index (κ1) is 16.8. The van der Waals surface area contributed by atoms with Crippen LogP contribution in [-0.4, -0.2) is 31.9 Å². The van der Waals surface area contributed by atoms with E-state index in [1.165, 1.54) is 6.42 Å². The van der Waals surface area contributed by atoms with E-state index >= 15 is 0 Å². The maximum atomic E-state index is 12.2. The Morgan fingerprint density at radius 3 is 2.19 bits per heavy atom. The molecular weight excluding hydrogens is 286 g/mol. The molecule has 21 heavy (non-hydrogen) atoms. The summed E-state index contributed by atoms with van der Waals surface area (Å²) in [7, 11) is -2.89. The summed E-state index contributed by atoms with van der Waals surface area (Å²) in [5, 5.41) is 3.15. The average molecular weight is 315 g/mol.